The van der Waals surface area contributed by atoms with E-state index in [1.165, 1.54) is 26.0 Å². The predicted molar refractivity (Wildman–Crippen MR) is 86.6 cm³/mol. The molecule has 1 aromatic rings. The lowest BCUT2D eigenvalue weighted by molar-refractivity contribution is -0.138. The number of rotatable bonds is 7. The van der Waals surface area contributed by atoms with Gasteiger partial charge in [-0.05, 0) is 24.6 Å². The second-order valence-electron chi connectivity index (χ2n) is 5.48. The van der Waals surface area contributed by atoms with E-state index < -0.39 is 29.5 Å². The van der Waals surface area contributed by atoms with Crippen molar-refractivity contribution >= 4 is 17.7 Å². The number of nitrogens with zero attached hydrogens (tertiary/aromatic N) is 1. The fourth-order valence-corrected chi connectivity index (χ4v) is 2.83. The molecule has 25 heavy (non-hydrogen) atoms. The average molecular weight is 349 g/mol. The highest BCUT2D eigenvalue weighted by Crippen LogP contribution is 2.40. The van der Waals surface area contributed by atoms with Crippen molar-refractivity contribution in [3.63, 3.8) is 0 Å². The standard InChI is InChI=1S/C17H19NO7/c1-9(19)14-15(10-4-5-11(24-2)12(8-10)25-3)18(7-6-13(20)21)17(23)16(14)22/h4-5,8,15,22H,6-7H2,1-3H3,(H,20,21)/t15-/m1/s1. The largest absolute Gasteiger partial charge is 0.503 e. The van der Waals surface area contributed by atoms with Crippen molar-refractivity contribution in [2.45, 2.75) is 19.4 Å². The van der Waals surface area contributed by atoms with E-state index in [0.717, 1.165) is 0 Å². The number of aliphatic hydroxyl groups excluding tert-OH is 1. The Labute approximate surface area is 144 Å². The minimum Gasteiger partial charge on any atom is -0.503 e. The third-order valence-corrected chi connectivity index (χ3v) is 3.97. The summed E-state index contributed by atoms with van der Waals surface area (Å²) in [5, 5.41) is 19.0. The number of carboxylic acids is 1. The first kappa shape index (κ1) is 18.3. The van der Waals surface area contributed by atoms with Crippen LogP contribution in [0, 0.1) is 0 Å². The maximum Gasteiger partial charge on any atom is 0.305 e. The Balaban J connectivity index is 2.52. The molecule has 0 saturated carbocycles. The first-order chi connectivity index (χ1) is 11.8. The highest BCUT2D eigenvalue weighted by Gasteiger charge is 2.42. The number of hydrogen-bond acceptors (Lipinski definition) is 6. The van der Waals surface area contributed by atoms with Gasteiger partial charge in [-0.1, -0.05) is 6.07 Å². The summed E-state index contributed by atoms with van der Waals surface area (Å²) in [6.45, 7) is 1.10. The van der Waals surface area contributed by atoms with Crippen molar-refractivity contribution in [2.24, 2.45) is 0 Å². The quantitative estimate of drug-likeness (QED) is 0.766. The molecule has 1 aliphatic rings. The van der Waals surface area contributed by atoms with Crippen molar-refractivity contribution < 1.29 is 34.1 Å². The third kappa shape index (κ3) is 3.42. The van der Waals surface area contributed by atoms with Crippen molar-refractivity contribution in [3.05, 3.63) is 35.1 Å². The summed E-state index contributed by atoms with van der Waals surface area (Å²) in [6, 6.07) is 3.95. The molecule has 0 fully saturated rings. The van der Waals surface area contributed by atoms with Gasteiger partial charge in [0, 0.05) is 6.54 Å². The van der Waals surface area contributed by atoms with E-state index in [4.69, 9.17) is 14.6 Å². The topological polar surface area (TPSA) is 113 Å². The molecule has 0 bridgehead atoms. The summed E-state index contributed by atoms with van der Waals surface area (Å²) in [6.07, 6.45) is -0.312. The highest BCUT2D eigenvalue weighted by atomic mass is 16.5. The Morgan fingerprint density at radius 2 is 1.84 bits per heavy atom. The first-order valence-corrected chi connectivity index (χ1v) is 7.50. The molecule has 1 heterocycles. The first-order valence-electron chi connectivity index (χ1n) is 7.50. The van der Waals surface area contributed by atoms with Gasteiger partial charge in [0.15, 0.2) is 23.0 Å². The number of aliphatic hydroxyl groups is 1. The van der Waals surface area contributed by atoms with Gasteiger partial charge in [-0.25, -0.2) is 0 Å². The maximum absolute atomic E-state index is 12.3. The normalized spacial score (nSPS) is 17.0. The van der Waals surface area contributed by atoms with Crippen LogP contribution < -0.4 is 9.47 Å². The Kier molecular flexibility index (Phi) is 5.31. The molecule has 2 rings (SSSR count). The second kappa shape index (κ2) is 7.25. The average Bonchev–Trinajstić information content (AvgIpc) is 2.83. The van der Waals surface area contributed by atoms with E-state index in [2.05, 4.69) is 0 Å². The van der Waals surface area contributed by atoms with Gasteiger partial charge in [0.1, 0.15) is 0 Å². The van der Waals surface area contributed by atoms with Gasteiger partial charge >= 0.3 is 5.97 Å². The Bertz CT molecular complexity index is 753. The number of benzene rings is 1. The van der Waals surface area contributed by atoms with Gasteiger partial charge in [0.05, 0.1) is 32.3 Å². The van der Waals surface area contributed by atoms with Crippen LogP contribution in [0.3, 0.4) is 0 Å². The molecule has 0 saturated heterocycles. The second-order valence-corrected chi connectivity index (χ2v) is 5.48. The van der Waals surface area contributed by atoms with Gasteiger partial charge in [-0.15, -0.1) is 0 Å². The van der Waals surface area contributed by atoms with Gasteiger partial charge in [-0.3, -0.25) is 14.4 Å². The van der Waals surface area contributed by atoms with Crippen molar-refractivity contribution in [1.82, 2.24) is 4.90 Å². The number of amides is 1. The number of ether oxygens (including phenoxy) is 2. The van der Waals surface area contributed by atoms with Gasteiger partial charge in [0.25, 0.3) is 5.91 Å². The van der Waals surface area contributed by atoms with Crippen molar-refractivity contribution in [3.8, 4) is 11.5 Å². The van der Waals surface area contributed by atoms with E-state index in [1.807, 2.05) is 0 Å². The fraction of sp³-hybridized carbons (Fsp3) is 0.353. The zero-order valence-corrected chi connectivity index (χ0v) is 14.1. The van der Waals surface area contributed by atoms with E-state index in [1.54, 1.807) is 18.2 Å². The molecule has 134 valence electrons. The Morgan fingerprint density at radius 1 is 1.20 bits per heavy atom. The molecule has 1 aliphatic heterocycles. The van der Waals surface area contributed by atoms with E-state index in [-0.39, 0.29) is 18.5 Å². The fourth-order valence-electron chi connectivity index (χ4n) is 2.83. The van der Waals surface area contributed by atoms with Gasteiger partial charge in [-0.2, -0.15) is 0 Å². The van der Waals surface area contributed by atoms with Crippen molar-refractivity contribution in [2.75, 3.05) is 20.8 Å². The lowest BCUT2D eigenvalue weighted by atomic mass is 9.96. The molecule has 2 N–H and O–H groups in total. The summed E-state index contributed by atoms with van der Waals surface area (Å²) in [7, 11) is 2.92. The number of carboxylic acid groups (broad SMARTS) is 1. The molecule has 1 amide bonds. The minimum absolute atomic E-state index is 0.0670. The van der Waals surface area contributed by atoms with E-state index >= 15 is 0 Å². The predicted octanol–water partition coefficient (Wildman–Crippen LogP) is 1.46. The minimum atomic E-state index is -1.09. The Morgan fingerprint density at radius 3 is 2.36 bits per heavy atom. The summed E-state index contributed by atoms with van der Waals surface area (Å²) in [5.74, 6) is -2.13. The maximum atomic E-state index is 12.3. The van der Waals surface area contributed by atoms with Gasteiger partial charge in [0.2, 0.25) is 0 Å². The molecule has 1 aromatic carbocycles. The molecule has 0 radical (unpaired) electrons. The highest BCUT2D eigenvalue weighted by molar-refractivity contribution is 6.08. The molecule has 0 aromatic heterocycles. The Hall–Kier alpha value is -3.03. The number of carbonyl (C=O) groups is 3. The number of Topliss-reactive ketones (excluding diaryl/α,β-unsaturated/α-hetero) is 1. The van der Waals surface area contributed by atoms with E-state index in [9.17, 15) is 19.5 Å². The van der Waals surface area contributed by atoms with Crippen LogP contribution in [0.25, 0.3) is 0 Å². The molecule has 0 spiro atoms. The number of hydrogen-bond donors (Lipinski definition) is 2. The van der Waals surface area contributed by atoms with Crippen molar-refractivity contribution in [1.29, 1.82) is 0 Å². The summed E-state index contributed by atoms with van der Waals surface area (Å²) in [5.41, 5.74) is 0.438. The summed E-state index contributed by atoms with van der Waals surface area (Å²) >= 11 is 0. The molecule has 8 heteroatoms. The van der Waals surface area contributed by atoms with Crippen LogP contribution in [-0.4, -0.2) is 53.5 Å². The summed E-state index contributed by atoms with van der Waals surface area (Å²) < 4.78 is 10.4. The lowest BCUT2D eigenvalue weighted by Gasteiger charge is -2.26. The lowest BCUT2D eigenvalue weighted by Crippen LogP contribution is -2.33. The SMILES string of the molecule is COc1ccc([C@@H]2C(C(C)=O)=C(O)C(=O)N2CCC(=O)O)cc1OC. The number of methoxy groups -OCH3 is 2. The third-order valence-electron chi connectivity index (χ3n) is 3.97. The molecular formula is C17H19NO7. The molecule has 0 unspecified atom stereocenters. The van der Waals surface area contributed by atoms with Crippen LogP contribution in [0.5, 0.6) is 11.5 Å². The van der Waals surface area contributed by atoms with Crippen LogP contribution in [0.4, 0.5) is 0 Å². The molecule has 0 aliphatic carbocycles. The molecule has 1 atom stereocenters. The van der Waals surface area contributed by atoms with Gasteiger partial charge < -0.3 is 24.6 Å². The number of carbonyl (C=O) groups excluding carboxylic acids is 2. The van der Waals surface area contributed by atoms with Crippen LogP contribution >= 0.6 is 0 Å². The monoisotopic (exact) mass is 349 g/mol. The zero-order chi connectivity index (χ0) is 18.7. The smallest absolute Gasteiger partial charge is 0.305 e. The summed E-state index contributed by atoms with van der Waals surface area (Å²) in [4.78, 5) is 36.3. The van der Waals surface area contributed by atoms with Crippen LogP contribution in [0.15, 0.2) is 29.5 Å². The van der Waals surface area contributed by atoms with Crippen LogP contribution in [0.2, 0.25) is 0 Å². The van der Waals surface area contributed by atoms with Crippen LogP contribution in [0.1, 0.15) is 24.9 Å². The van der Waals surface area contributed by atoms with E-state index in [0.29, 0.717) is 17.1 Å². The number of aliphatic carboxylic acids is 1. The zero-order valence-electron chi connectivity index (χ0n) is 14.1. The molecular weight excluding hydrogens is 330 g/mol. The molecule has 8 nitrogen and oxygen atoms in total. The number of ketones is 1. The van der Waals surface area contributed by atoms with Crippen LogP contribution in [-0.2, 0) is 14.4 Å².